The number of benzene rings is 1. The van der Waals surface area contributed by atoms with E-state index in [4.69, 9.17) is 4.74 Å². The van der Waals surface area contributed by atoms with Crippen molar-refractivity contribution in [1.29, 1.82) is 0 Å². The number of halogens is 2. The first kappa shape index (κ1) is 18.7. The van der Waals surface area contributed by atoms with Gasteiger partial charge in [0, 0.05) is 30.7 Å². The monoisotopic (exact) mass is 401 g/mol. The van der Waals surface area contributed by atoms with Crippen molar-refractivity contribution in [2.24, 2.45) is 0 Å². The number of anilines is 1. The van der Waals surface area contributed by atoms with Gasteiger partial charge in [-0.3, -0.25) is 9.69 Å². The summed E-state index contributed by atoms with van der Waals surface area (Å²) in [5, 5.41) is 2.61. The van der Waals surface area contributed by atoms with Crippen molar-refractivity contribution >= 4 is 33.6 Å². The third kappa shape index (κ3) is 4.67. The molecule has 1 saturated heterocycles. The predicted molar refractivity (Wildman–Crippen MR) is 92.4 cm³/mol. The average molecular weight is 402 g/mol. The predicted octanol–water partition coefficient (Wildman–Crippen LogP) is 2.69. The molecular formula is C16H21BrFN3O3. The molecule has 0 spiro atoms. The summed E-state index contributed by atoms with van der Waals surface area (Å²) in [6.07, 6.45) is -0.328. The number of ether oxygens (including phenoxy) is 1. The van der Waals surface area contributed by atoms with Crippen LogP contribution < -0.4 is 5.32 Å². The van der Waals surface area contributed by atoms with Crippen LogP contribution in [0.4, 0.5) is 14.9 Å². The molecule has 0 radical (unpaired) electrons. The van der Waals surface area contributed by atoms with E-state index in [1.165, 1.54) is 12.1 Å². The maximum Gasteiger partial charge on any atom is 0.409 e. The van der Waals surface area contributed by atoms with E-state index in [1.54, 1.807) is 24.8 Å². The van der Waals surface area contributed by atoms with E-state index >= 15 is 0 Å². The van der Waals surface area contributed by atoms with E-state index in [0.29, 0.717) is 37.3 Å². The second kappa shape index (κ2) is 8.43. The lowest BCUT2D eigenvalue weighted by molar-refractivity contribution is -0.121. The van der Waals surface area contributed by atoms with Gasteiger partial charge in [0.05, 0.1) is 18.3 Å². The number of hydrogen-bond acceptors (Lipinski definition) is 4. The Labute approximate surface area is 149 Å². The smallest absolute Gasteiger partial charge is 0.409 e. The van der Waals surface area contributed by atoms with Crippen LogP contribution in [0.5, 0.6) is 0 Å². The first-order chi connectivity index (χ1) is 11.4. The van der Waals surface area contributed by atoms with Gasteiger partial charge in [-0.15, -0.1) is 0 Å². The van der Waals surface area contributed by atoms with Gasteiger partial charge in [0.1, 0.15) is 5.82 Å². The molecule has 0 bridgehead atoms. The highest BCUT2D eigenvalue weighted by Crippen LogP contribution is 2.20. The molecule has 24 heavy (non-hydrogen) atoms. The summed E-state index contributed by atoms with van der Waals surface area (Å²) in [5.74, 6) is -0.766. The second-order valence-electron chi connectivity index (χ2n) is 5.51. The molecule has 1 aromatic carbocycles. The van der Waals surface area contributed by atoms with Crippen molar-refractivity contribution in [3.05, 3.63) is 28.5 Å². The Hall–Kier alpha value is -1.67. The summed E-state index contributed by atoms with van der Waals surface area (Å²) < 4.78 is 19.4. The summed E-state index contributed by atoms with van der Waals surface area (Å²) in [5.41, 5.74) is 0.153. The molecule has 1 aliphatic heterocycles. The van der Waals surface area contributed by atoms with Gasteiger partial charge >= 0.3 is 6.09 Å². The minimum absolute atomic E-state index is 0.153. The number of nitrogens with zero attached hydrogens (tertiary/aromatic N) is 2. The molecular weight excluding hydrogens is 381 g/mol. The van der Waals surface area contributed by atoms with E-state index in [1.807, 2.05) is 4.90 Å². The molecule has 0 aliphatic carbocycles. The van der Waals surface area contributed by atoms with Crippen LogP contribution >= 0.6 is 15.9 Å². The number of nitrogens with one attached hydrogen (secondary N) is 1. The molecule has 1 atom stereocenters. The van der Waals surface area contributed by atoms with E-state index in [-0.39, 0.29) is 17.7 Å². The fourth-order valence-corrected chi connectivity index (χ4v) is 2.83. The summed E-state index contributed by atoms with van der Waals surface area (Å²) in [4.78, 5) is 27.6. The van der Waals surface area contributed by atoms with E-state index in [0.717, 1.165) is 0 Å². The molecule has 2 rings (SSSR count). The van der Waals surface area contributed by atoms with E-state index in [9.17, 15) is 14.0 Å². The lowest BCUT2D eigenvalue weighted by atomic mass is 10.2. The Morgan fingerprint density at radius 1 is 1.33 bits per heavy atom. The first-order valence-corrected chi connectivity index (χ1v) is 8.63. The fourth-order valence-electron chi connectivity index (χ4n) is 2.50. The van der Waals surface area contributed by atoms with E-state index < -0.39 is 11.9 Å². The standard InChI is InChI=1S/C16H21BrFN3O3/c1-3-24-16(23)21-8-6-20(7-9-21)11(2)15(22)19-14-5-4-12(17)10-13(14)18/h4-5,10-11H,3,6-9H2,1-2H3,(H,19,22)/t11-/m1/s1. The third-order valence-corrected chi connectivity index (χ3v) is 4.45. The molecule has 0 saturated carbocycles. The highest BCUT2D eigenvalue weighted by Gasteiger charge is 2.28. The molecule has 2 amide bonds. The quantitative estimate of drug-likeness (QED) is 0.842. The topological polar surface area (TPSA) is 61.9 Å². The van der Waals surface area contributed by atoms with Crippen LogP contribution in [0.3, 0.4) is 0 Å². The van der Waals surface area contributed by atoms with Crippen molar-refractivity contribution in [3.63, 3.8) is 0 Å². The molecule has 1 heterocycles. The molecule has 6 nitrogen and oxygen atoms in total. The lowest BCUT2D eigenvalue weighted by Gasteiger charge is -2.36. The summed E-state index contributed by atoms with van der Waals surface area (Å²) >= 11 is 3.18. The zero-order chi connectivity index (χ0) is 17.7. The number of carbonyl (C=O) groups excluding carboxylic acids is 2. The number of rotatable bonds is 4. The van der Waals surface area contributed by atoms with Crippen molar-refractivity contribution in [2.45, 2.75) is 19.9 Å². The minimum atomic E-state index is -0.489. The Morgan fingerprint density at radius 3 is 2.58 bits per heavy atom. The lowest BCUT2D eigenvalue weighted by Crippen LogP contribution is -2.54. The second-order valence-corrected chi connectivity index (χ2v) is 6.43. The third-order valence-electron chi connectivity index (χ3n) is 3.96. The molecule has 1 aromatic rings. The maximum atomic E-state index is 13.8. The summed E-state index contributed by atoms with van der Waals surface area (Å²) in [6, 6.07) is 4.07. The Balaban J connectivity index is 1.89. The van der Waals surface area contributed by atoms with Gasteiger partial charge < -0.3 is 15.0 Å². The van der Waals surface area contributed by atoms with Crippen LogP contribution in [0, 0.1) is 5.82 Å². The zero-order valence-electron chi connectivity index (χ0n) is 13.7. The van der Waals surface area contributed by atoms with Crippen LogP contribution in [0.15, 0.2) is 22.7 Å². The molecule has 132 valence electrons. The van der Waals surface area contributed by atoms with Crippen molar-refractivity contribution in [3.8, 4) is 0 Å². The van der Waals surface area contributed by atoms with Gasteiger partial charge in [0.25, 0.3) is 0 Å². The van der Waals surface area contributed by atoms with Crippen molar-refractivity contribution in [2.75, 3.05) is 38.1 Å². The van der Waals surface area contributed by atoms with Gasteiger partial charge in [-0.25, -0.2) is 9.18 Å². The van der Waals surface area contributed by atoms with Gasteiger partial charge in [-0.1, -0.05) is 15.9 Å². The molecule has 1 aliphatic rings. The first-order valence-electron chi connectivity index (χ1n) is 7.84. The van der Waals surface area contributed by atoms with E-state index in [2.05, 4.69) is 21.2 Å². The van der Waals surface area contributed by atoms with Crippen LogP contribution in [0.25, 0.3) is 0 Å². The number of piperazine rings is 1. The Kier molecular flexibility index (Phi) is 6.56. The fraction of sp³-hybridized carbons (Fsp3) is 0.500. The number of hydrogen-bond donors (Lipinski definition) is 1. The number of carbonyl (C=O) groups is 2. The molecule has 1 fully saturated rings. The average Bonchev–Trinajstić information content (AvgIpc) is 2.57. The molecule has 0 unspecified atom stereocenters. The van der Waals surface area contributed by atoms with Crippen molar-refractivity contribution < 1.29 is 18.7 Å². The van der Waals surface area contributed by atoms with Gasteiger partial charge in [0.2, 0.25) is 5.91 Å². The SMILES string of the molecule is CCOC(=O)N1CCN([C@H](C)C(=O)Nc2ccc(Br)cc2F)CC1. The molecule has 1 N–H and O–H groups in total. The van der Waals surface area contributed by atoms with Gasteiger partial charge in [-0.2, -0.15) is 0 Å². The minimum Gasteiger partial charge on any atom is -0.450 e. The highest BCUT2D eigenvalue weighted by molar-refractivity contribution is 9.10. The molecule has 8 heteroatoms. The normalized spacial score (nSPS) is 16.6. The zero-order valence-corrected chi connectivity index (χ0v) is 15.3. The van der Waals surface area contributed by atoms with Gasteiger partial charge in [-0.05, 0) is 32.0 Å². The highest BCUT2D eigenvalue weighted by atomic mass is 79.9. The Morgan fingerprint density at radius 2 is 2.00 bits per heavy atom. The van der Waals surface area contributed by atoms with Crippen molar-refractivity contribution in [1.82, 2.24) is 9.80 Å². The largest absolute Gasteiger partial charge is 0.450 e. The number of amides is 2. The maximum absolute atomic E-state index is 13.8. The summed E-state index contributed by atoms with van der Waals surface area (Å²) in [7, 11) is 0. The van der Waals surface area contributed by atoms with Crippen LogP contribution in [0.1, 0.15) is 13.8 Å². The van der Waals surface area contributed by atoms with Gasteiger partial charge in [0.15, 0.2) is 0 Å². The van der Waals surface area contributed by atoms with Crippen LogP contribution in [-0.4, -0.2) is 60.6 Å². The summed E-state index contributed by atoms with van der Waals surface area (Å²) in [6.45, 7) is 6.02. The van der Waals surface area contributed by atoms with Crippen LogP contribution in [0.2, 0.25) is 0 Å². The molecule has 0 aromatic heterocycles. The van der Waals surface area contributed by atoms with Crippen LogP contribution in [-0.2, 0) is 9.53 Å². The Bertz CT molecular complexity index is 606.